The third-order valence-electron chi connectivity index (χ3n) is 2.88. The fourth-order valence-electron chi connectivity index (χ4n) is 1.95. The summed E-state index contributed by atoms with van der Waals surface area (Å²) in [5.41, 5.74) is -2.38. The Kier molecular flexibility index (Phi) is 4.90. The van der Waals surface area contributed by atoms with E-state index in [1.807, 2.05) is 0 Å². The molecule has 0 radical (unpaired) electrons. The topological polar surface area (TPSA) is 0 Å². The minimum absolute atomic E-state index is 0.123. The maximum absolute atomic E-state index is 13.1. The summed E-state index contributed by atoms with van der Waals surface area (Å²) in [6, 6.07) is 4.42. The van der Waals surface area contributed by atoms with Crippen LogP contribution in [0, 0.1) is 0 Å². The average Bonchev–Trinajstić information content (AvgIpc) is 2.35. The van der Waals surface area contributed by atoms with Crippen LogP contribution in [0.2, 0.25) is 15.1 Å². The molecule has 0 amide bonds. The number of benzene rings is 2. The van der Waals surface area contributed by atoms with E-state index in [1.165, 1.54) is 12.1 Å². The van der Waals surface area contributed by atoms with Gasteiger partial charge < -0.3 is 0 Å². The summed E-state index contributed by atoms with van der Waals surface area (Å²) in [4.78, 5) is 0. The van der Waals surface area contributed by atoms with Gasteiger partial charge in [-0.25, -0.2) is 8.78 Å². The van der Waals surface area contributed by atoms with Crippen LogP contribution in [0.25, 0.3) is 11.1 Å². The first kappa shape index (κ1) is 17.3. The average molecular weight is 376 g/mol. The molecule has 0 nitrogen and oxygen atoms in total. The van der Waals surface area contributed by atoms with Crippen molar-refractivity contribution in [2.45, 2.75) is 12.6 Å². The van der Waals surface area contributed by atoms with Gasteiger partial charge in [0.2, 0.25) is 0 Å². The molecular formula is C14H6Cl3F5. The summed E-state index contributed by atoms with van der Waals surface area (Å²) >= 11 is 17.5. The first-order valence-corrected chi connectivity index (χ1v) is 6.89. The van der Waals surface area contributed by atoms with E-state index in [2.05, 4.69) is 0 Å². The molecule has 0 atom stereocenters. The van der Waals surface area contributed by atoms with E-state index >= 15 is 0 Å². The van der Waals surface area contributed by atoms with E-state index < -0.39 is 29.3 Å². The standard InChI is InChI=1S/C14H6Cl3F5/c15-7-4-10(16)12(11(17)5-7)8-3-6(13(18)19)1-2-9(8)14(20,21)22/h1-5,13H. The zero-order valence-electron chi connectivity index (χ0n) is 10.5. The van der Waals surface area contributed by atoms with E-state index in [-0.39, 0.29) is 20.6 Å². The summed E-state index contributed by atoms with van der Waals surface area (Å²) in [6.07, 6.45) is -7.67. The van der Waals surface area contributed by atoms with Gasteiger partial charge in [0.1, 0.15) is 0 Å². The number of alkyl halides is 5. The lowest BCUT2D eigenvalue weighted by atomic mass is 9.96. The van der Waals surface area contributed by atoms with Crippen LogP contribution in [-0.4, -0.2) is 0 Å². The summed E-state index contributed by atoms with van der Waals surface area (Å²) in [6.45, 7) is 0. The highest BCUT2D eigenvalue weighted by atomic mass is 35.5. The van der Waals surface area contributed by atoms with Crippen molar-refractivity contribution in [3.63, 3.8) is 0 Å². The van der Waals surface area contributed by atoms with Crippen molar-refractivity contribution in [3.8, 4) is 11.1 Å². The molecule has 0 aliphatic carbocycles. The van der Waals surface area contributed by atoms with Crippen LogP contribution in [0.15, 0.2) is 30.3 Å². The SMILES string of the molecule is FC(F)c1ccc(C(F)(F)F)c(-c2c(Cl)cc(Cl)cc2Cl)c1. The second kappa shape index (κ2) is 6.22. The first-order valence-electron chi connectivity index (χ1n) is 5.75. The molecule has 22 heavy (non-hydrogen) atoms. The van der Waals surface area contributed by atoms with Crippen molar-refractivity contribution in [1.29, 1.82) is 0 Å². The first-order chi connectivity index (χ1) is 10.1. The largest absolute Gasteiger partial charge is 0.417 e. The lowest BCUT2D eigenvalue weighted by Gasteiger charge is -2.17. The molecule has 2 aromatic carbocycles. The fourth-order valence-corrected chi connectivity index (χ4v) is 2.97. The maximum atomic E-state index is 13.1. The normalized spacial score (nSPS) is 12.0. The van der Waals surface area contributed by atoms with Crippen molar-refractivity contribution in [1.82, 2.24) is 0 Å². The Hall–Kier alpha value is -1.04. The molecule has 8 heteroatoms. The second-order valence-corrected chi connectivity index (χ2v) is 5.60. The molecule has 0 heterocycles. The number of hydrogen-bond acceptors (Lipinski definition) is 0. The fraction of sp³-hybridized carbons (Fsp3) is 0.143. The van der Waals surface area contributed by atoms with Gasteiger partial charge in [-0.2, -0.15) is 13.2 Å². The van der Waals surface area contributed by atoms with Gasteiger partial charge in [-0.1, -0.05) is 40.9 Å². The zero-order chi connectivity index (χ0) is 16.7. The minimum atomic E-state index is -4.75. The van der Waals surface area contributed by atoms with Crippen molar-refractivity contribution in [2.75, 3.05) is 0 Å². The molecule has 2 aromatic rings. The van der Waals surface area contributed by atoms with E-state index in [1.54, 1.807) is 0 Å². The van der Waals surface area contributed by atoms with Crippen molar-refractivity contribution in [2.24, 2.45) is 0 Å². The van der Waals surface area contributed by atoms with E-state index in [4.69, 9.17) is 34.8 Å². The van der Waals surface area contributed by atoms with Gasteiger partial charge in [0.25, 0.3) is 6.43 Å². The molecule has 0 aromatic heterocycles. The third kappa shape index (κ3) is 3.47. The molecule has 0 aliphatic rings. The maximum Gasteiger partial charge on any atom is 0.417 e. The summed E-state index contributed by atoms with van der Waals surface area (Å²) in [5.74, 6) is 0. The Balaban J connectivity index is 2.80. The van der Waals surface area contributed by atoms with E-state index in [0.29, 0.717) is 12.1 Å². The highest BCUT2D eigenvalue weighted by Crippen LogP contribution is 2.44. The smallest absolute Gasteiger partial charge is 0.205 e. The Labute approximate surface area is 137 Å². The van der Waals surface area contributed by atoms with Gasteiger partial charge in [0, 0.05) is 16.1 Å². The van der Waals surface area contributed by atoms with Gasteiger partial charge in [0.05, 0.1) is 15.6 Å². The van der Waals surface area contributed by atoms with Crippen LogP contribution >= 0.6 is 34.8 Å². The zero-order valence-corrected chi connectivity index (χ0v) is 12.8. The van der Waals surface area contributed by atoms with Crippen LogP contribution < -0.4 is 0 Å². The van der Waals surface area contributed by atoms with Gasteiger partial charge in [0.15, 0.2) is 0 Å². The molecule has 118 valence electrons. The molecule has 0 saturated carbocycles. The van der Waals surface area contributed by atoms with Crippen molar-refractivity contribution in [3.05, 3.63) is 56.5 Å². The Morgan fingerprint density at radius 3 is 1.86 bits per heavy atom. The minimum Gasteiger partial charge on any atom is -0.205 e. The summed E-state index contributed by atoms with van der Waals surface area (Å²) in [5, 5.41) is -0.193. The van der Waals surface area contributed by atoms with Gasteiger partial charge in [-0.05, 0) is 29.8 Å². The lowest BCUT2D eigenvalue weighted by Crippen LogP contribution is -2.08. The van der Waals surface area contributed by atoms with Gasteiger partial charge >= 0.3 is 6.18 Å². The molecule has 0 fully saturated rings. The Morgan fingerprint density at radius 1 is 0.864 bits per heavy atom. The quantitative estimate of drug-likeness (QED) is 0.484. The van der Waals surface area contributed by atoms with Gasteiger partial charge in [-0.3, -0.25) is 0 Å². The predicted octanol–water partition coefficient (Wildman–Crippen LogP) is 7.27. The van der Waals surface area contributed by atoms with Crippen LogP contribution in [0.1, 0.15) is 17.6 Å². The highest BCUT2D eigenvalue weighted by molar-refractivity contribution is 6.41. The molecule has 2 rings (SSSR count). The van der Waals surface area contributed by atoms with Gasteiger partial charge in [-0.15, -0.1) is 0 Å². The monoisotopic (exact) mass is 374 g/mol. The highest BCUT2D eigenvalue weighted by Gasteiger charge is 2.35. The van der Waals surface area contributed by atoms with Crippen LogP contribution in [0.5, 0.6) is 0 Å². The van der Waals surface area contributed by atoms with Crippen LogP contribution in [-0.2, 0) is 6.18 Å². The molecule has 0 unspecified atom stereocenters. The van der Waals surface area contributed by atoms with Crippen molar-refractivity contribution >= 4 is 34.8 Å². The molecule has 0 saturated heterocycles. The predicted molar refractivity (Wildman–Crippen MR) is 76.9 cm³/mol. The Morgan fingerprint density at radius 2 is 1.41 bits per heavy atom. The molecule has 0 spiro atoms. The lowest BCUT2D eigenvalue weighted by molar-refractivity contribution is -0.137. The van der Waals surface area contributed by atoms with E-state index in [0.717, 1.165) is 6.07 Å². The molecule has 0 aliphatic heterocycles. The van der Waals surface area contributed by atoms with Crippen LogP contribution in [0.4, 0.5) is 22.0 Å². The second-order valence-electron chi connectivity index (χ2n) is 4.35. The van der Waals surface area contributed by atoms with Crippen LogP contribution in [0.3, 0.4) is 0 Å². The number of halogens is 8. The molecule has 0 N–H and O–H groups in total. The number of hydrogen-bond donors (Lipinski definition) is 0. The third-order valence-corrected chi connectivity index (χ3v) is 3.69. The summed E-state index contributed by atoms with van der Waals surface area (Å²) in [7, 11) is 0. The summed E-state index contributed by atoms with van der Waals surface area (Å²) < 4.78 is 64.9. The Bertz CT molecular complexity index is 687. The van der Waals surface area contributed by atoms with E-state index in [9.17, 15) is 22.0 Å². The molecule has 0 bridgehead atoms. The number of rotatable bonds is 2. The van der Waals surface area contributed by atoms with Crippen molar-refractivity contribution < 1.29 is 22.0 Å². The molecular weight excluding hydrogens is 370 g/mol.